The van der Waals surface area contributed by atoms with Crippen molar-refractivity contribution in [1.29, 1.82) is 0 Å². The Balaban J connectivity index is 1.45. The van der Waals surface area contributed by atoms with E-state index in [1.807, 2.05) is 23.6 Å². The van der Waals surface area contributed by atoms with Crippen molar-refractivity contribution in [2.45, 2.75) is 25.7 Å². The molecular weight excluding hydrogens is 396 g/mol. The Morgan fingerprint density at radius 3 is 2.70 bits per heavy atom. The molecule has 1 aliphatic rings. The predicted molar refractivity (Wildman–Crippen MR) is 121 cm³/mol. The van der Waals surface area contributed by atoms with Gasteiger partial charge in [0.2, 0.25) is 5.91 Å². The van der Waals surface area contributed by atoms with Gasteiger partial charge < -0.3 is 9.47 Å². The molecule has 1 heterocycles. The summed E-state index contributed by atoms with van der Waals surface area (Å²) in [5, 5.41) is 5.40. The summed E-state index contributed by atoms with van der Waals surface area (Å²) in [7, 11) is 3.20. The molecular formula is C24H24N2O3S. The van der Waals surface area contributed by atoms with E-state index in [4.69, 9.17) is 9.47 Å². The number of nitrogens with zero attached hydrogens (tertiary/aromatic N) is 1. The Labute approximate surface area is 180 Å². The zero-order valence-electron chi connectivity index (χ0n) is 17.1. The SMILES string of the molecule is COc1ccc(OC)c(C=CC(=O)Nc2nc(-c3ccc4c(c3)CCCC4)cs2)c1. The molecule has 1 N–H and O–H groups in total. The topological polar surface area (TPSA) is 60.5 Å². The highest BCUT2D eigenvalue weighted by atomic mass is 32.1. The van der Waals surface area contributed by atoms with Crippen LogP contribution in [0.2, 0.25) is 0 Å². The van der Waals surface area contributed by atoms with Gasteiger partial charge in [-0.1, -0.05) is 12.1 Å². The van der Waals surface area contributed by atoms with Crippen molar-refractivity contribution in [3.63, 3.8) is 0 Å². The van der Waals surface area contributed by atoms with Gasteiger partial charge >= 0.3 is 0 Å². The third-order valence-electron chi connectivity index (χ3n) is 5.23. The molecule has 154 valence electrons. The molecule has 6 heteroatoms. The van der Waals surface area contributed by atoms with E-state index in [0.717, 1.165) is 23.2 Å². The molecule has 1 aromatic heterocycles. The number of hydrogen-bond acceptors (Lipinski definition) is 5. The van der Waals surface area contributed by atoms with E-state index in [9.17, 15) is 4.79 Å². The molecule has 0 fully saturated rings. The maximum Gasteiger partial charge on any atom is 0.250 e. The molecule has 0 saturated heterocycles. The molecule has 30 heavy (non-hydrogen) atoms. The maximum atomic E-state index is 12.4. The van der Waals surface area contributed by atoms with Crippen LogP contribution in [0, 0.1) is 0 Å². The van der Waals surface area contributed by atoms with Crippen LogP contribution in [0.15, 0.2) is 47.9 Å². The summed E-state index contributed by atoms with van der Waals surface area (Å²) in [4.78, 5) is 17.0. The van der Waals surface area contributed by atoms with Gasteiger partial charge in [-0.15, -0.1) is 11.3 Å². The van der Waals surface area contributed by atoms with E-state index in [2.05, 4.69) is 28.5 Å². The Morgan fingerprint density at radius 2 is 1.90 bits per heavy atom. The molecule has 0 aliphatic heterocycles. The molecule has 5 nitrogen and oxygen atoms in total. The summed E-state index contributed by atoms with van der Waals surface area (Å²) in [5.41, 5.74) is 5.63. The third kappa shape index (κ3) is 4.54. The average Bonchev–Trinajstić information content (AvgIpc) is 3.25. The number of amides is 1. The summed E-state index contributed by atoms with van der Waals surface area (Å²) in [6.45, 7) is 0. The van der Waals surface area contributed by atoms with Crippen molar-refractivity contribution < 1.29 is 14.3 Å². The Bertz CT molecular complexity index is 1090. The first-order chi connectivity index (χ1) is 14.7. The quantitative estimate of drug-likeness (QED) is 0.546. The normalized spacial score (nSPS) is 13.1. The second-order valence-electron chi connectivity index (χ2n) is 7.16. The fourth-order valence-corrected chi connectivity index (χ4v) is 4.36. The minimum Gasteiger partial charge on any atom is -0.497 e. The third-order valence-corrected chi connectivity index (χ3v) is 5.99. The van der Waals surface area contributed by atoms with Crippen molar-refractivity contribution in [2.24, 2.45) is 0 Å². The smallest absolute Gasteiger partial charge is 0.250 e. The molecule has 0 atom stereocenters. The van der Waals surface area contributed by atoms with Gasteiger partial charge in [-0.2, -0.15) is 0 Å². The highest BCUT2D eigenvalue weighted by Gasteiger charge is 2.12. The summed E-state index contributed by atoms with van der Waals surface area (Å²) in [5.74, 6) is 1.13. The lowest BCUT2D eigenvalue weighted by Crippen LogP contribution is -2.07. The maximum absolute atomic E-state index is 12.4. The number of hydrogen-bond donors (Lipinski definition) is 1. The number of ether oxygens (including phenoxy) is 2. The molecule has 2 aromatic carbocycles. The van der Waals surface area contributed by atoms with Crippen LogP contribution in [-0.2, 0) is 17.6 Å². The lowest BCUT2D eigenvalue weighted by molar-refractivity contribution is -0.111. The van der Waals surface area contributed by atoms with Crippen LogP contribution in [0.3, 0.4) is 0 Å². The zero-order chi connectivity index (χ0) is 20.9. The summed E-state index contributed by atoms with van der Waals surface area (Å²) >= 11 is 1.42. The number of carbonyl (C=O) groups is 1. The number of thiazole rings is 1. The molecule has 0 radical (unpaired) electrons. The van der Waals surface area contributed by atoms with Crippen LogP contribution >= 0.6 is 11.3 Å². The lowest BCUT2D eigenvalue weighted by Gasteiger charge is -2.16. The van der Waals surface area contributed by atoms with Crippen LogP contribution in [0.1, 0.15) is 29.5 Å². The summed E-state index contributed by atoms with van der Waals surface area (Å²) in [6, 6.07) is 12.0. The van der Waals surface area contributed by atoms with Crippen LogP contribution in [0.5, 0.6) is 11.5 Å². The first kappa shape index (κ1) is 20.2. The molecule has 1 aliphatic carbocycles. The largest absolute Gasteiger partial charge is 0.497 e. The van der Waals surface area contributed by atoms with Crippen LogP contribution < -0.4 is 14.8 Å². The second kappa shape index (κ2) is 9.13. The highest BCUT2D eigenvalue weighted by molar-refractivity contribution is 7.14. The van der Waals surface area contributed by atoms with Crippen LogP contribution in [0.4, 0.5) is 5.13 Å². The molecule has 3 aromatic rings. The molecule has 1 amide bonds. The number of carbonyl (C=O) groups excluding carboxylic acids is 1. The van der Waals surface area contributed by atoms with Crippen LogP contribution in [0.25, 0.3) is 17.3 Å². The van der Waals surface area contributed by atoms with E-state index in [0.29, 0.717) is 16.6 Å². The molecule has 4 rings (SSSR count). The number of aromatic nitrogens is 1. The Hall–Kier alpha value is -3.12. The van der Waals surface area contributed by atoms with Gasteiger partial charge in [0, 0.05) is 22.6 Å². The van der Waals surface area contributed by atoms with Gasteiger partial charge in [-0.05, 0) is 67.2 Å². The van der Waals surface area contributed by atoms with Crippen molar-refractivity contribution in [3.8, 4) is 22.8 Å². The van der Waals surface area contributed by atoms with Crippen LogP contribution in [-0.4, -0.2) is 25.1 Å². The molecule has 0 unspecified atom stereocenters. The van der Waals surface area contributed by atoms with Crippen molar-refractivity contribution >= 4 is 28.5 Å². The molecule has 0 bridgehead atoms. The highest BCUT2D eigenvalue weighted by Crippen LogP contribution is 2.30. The van der Waals surface area contributed by atoms with E-state index in [1.54, 1.807) is 20.3 Å². The van der Waals surface area contributed by atoms with E-state index >= 15 is 0 Å². The number of anilines is 1. The number of nitrogens with one attached hydrogen (secondary N) is 1. The minimum atomic E-state index is -0.244. The number of fused-ring (bicyclic) bond motifs is 1. The zero-order valence-corrected chi connectivity index (χ0v) is 17.9. The fourth-order valence-electron chi connectivity index (χ4n) is 3.64. The van der Waals surface area contributed by atoms with E-state index < -0.39 is 0 Å². The second-order valence-corrected chi connectivity index (χ2v) is 8.02. The summed E-state index contributed by atoms with van der Waals surface area (Å²) < 4.78 is 10.6. The average molecular weight is 421 g/mol. The first-order valence-electron chi connectivity index (χ1n) is 9.95. The number of aryl methyl sites for hydroxylation is 2. The van der Waals surface area contributed by atoms with Gasteiger partial charge in [0.1, 0.15) is 11.5 Å². The standard InChI is InChI=1S/C24H24N2O3S/c1-28-20-10-11-22(29-2)19(14-20)9-12-23(27)26-24-25-21(15-30-24)18-8-7-16-5-3-4-6-17(16)13-18/h7-15H,3-6H2,1-2H3,(H,25,26,27). The van der Waals surface area contributed by atoms with Gasteiger partial charge in [-0.3, -0.25) is 10.1 Å². The molecule has 0 saturated carbocycles. The predicted octanol–water partition coefficient (Wildman–Crippen LogP) is 5.36. The fraction of sp³-hybridized carbons (Fsp3) is 0.250. The van der Waals surface area contributed by atoms with Crippen molar-refractivity contribution in [3.05, 3.63) is 64.5 Å². The van der Waals surface area contributed by atoms with Gasteiger partial charge in [0.25, 0.3) is 0 Å². The Morgan fingerprint density at radius 1 is 1.07 bits per heavy atom. The number of rotatable bonds is 6. The van der Waals surface area contributed by atoms with E-state index in [-0.39, 0.29) is 5.91 Å². The van der Waals surface area contributed by atoms with Gasteiger partial charge in [0.15, 0.2) is 5.13 Å². The van der Waals surface area contributed by atoms with E-state index in [1.165, 1.54) is 47.8 Å². The summed E-state index contributed by atoms with van der Waals surface area (Å²) in [6.07, 6.45) is 7.99. The van der Waals surface area contributed by atoms with Gasteiger partial charge in [0.05, 0.1) is 19.9 Å². The lowest BCUT2D eigenvalue weighted by atomic mass is 9.90. The van der Waals surface area contributed by atoms with Crippen molar-refractivity contribution in [2.75, 3.05) is 19.5 Å². The monoisotopic (exact) mass is 420 g/mol. The first-order valence-corrected chi connectivity index (χ1v) is 10.8. The van der Waals surface area contributed by atoms with Gasteiger partial charge in [-0.25, -0.2) is 4.98 Å². The van der Waals surface area contributed by atoms with Crippen molar-refractivity contribution in [1.82, 2.24) is 4.98 Å². The number of benzene rings is 2. The number of methoxy groups -OCH3 is 2. The Kier molecular flexibility index (Phi) is 6.14. The minimum absolute atomic E-state index is 0.244. The molecule has 0 spiro atoms.